The molecule has 21 heavy (non-hydrogen) atoms. The van der Waals surface area contributed by atoms with Crippen molar-refractivity contribution in [1.82, 2.24) is 0 Å². The maximum atomic E-state index is 13.2. The molecule has 0 saturated carbocycles. The monoisotopic (exact) mass is 327 g/mol. The average molecular weight is 328 g/mol. The summed E-state index contributed by atoms with van der Waals surface area (Å²) in [6.45, 7) is 0.116. The first kappa shape index (κ1) is 15.6. The number of nitrogens with zero attached hydrogens (tertiary/aromatic N) is 1. The summed E-state index contributed by atoms with van der Waals surface area (Å²) in [4.78, 5) is 12.6. The number of hydrogen-bond donors (Lipinski definition) is 1. The Hall–Kier alpha value is -1.78. The minimum absolute atomic E-state index is 0.0129. The van der Waals surface area contributed by atoms with Crippen LogP contribution in [0.3, 0.4) is 0 Å². The Morgan fingerprint density at radius 3 is 2.38 bits per heavy atom. The van der Waals surface area contributed by atoms with Gasteiger partial charge in [-0.3, -0.25) is 4.79 Å². The molecule has 0 spiro atoms. The van der Waals surface area contributed by atoms with Crippen molar-refractivity contribution in [1.29, 1.82) is 0 Å². The molecule has 0 radical (unpaired) electrons. The van der Waals surface area contributed by atoms with Crippen molar-refractivity contribution >= 4 is 34.9 Å². The highest BCUT2D eigenvalue weighted by molar-refractivity contribution is 6.31. The SMILES string of the molecule is O=C(O)CN(Cc1ccc(F)c(Cl)c1)c1ccc(Cl)cc1. The topological polar surface area (TPSA) is 40.5 Å². The first-order valence-electron chi connectivity index (χ1n) is 6.12. The lowest BCUT2D eigenvalue weighted by Gasteiger charge is -2.23. The standard InChI is InChI=1S/C15H12Cl2FNO2/c16-11-2-4-12(5-3-11)19(9-15(20)21)8-10-1-6-14(18)13(17)7-10/h1-7H,8-9H2,(H,20,21). The van der Waals surface area contributed by atoms with E-state index in [0.29, 0.717) is 17.3 Å². The molecule has 2 rings (SSSR count). The molecule has 0 aliphatic rings. The Kier molecular flexibility index (Phi) is 5.04. The summed E-state index contributed by atoms with van der Waals surface area (Å²) in [6.07, 6.45) is 0. The minimum atomic E-state index is -0.960. The van der Waals surface area contributed by atoms with Gasteiger partial charge in [-0.15, -0.1) is 0 Å². The molecule has 0 atom stereocenters. The van der Waals surface area contributed by atoms with Crippen LogP contribution in [-0.2, 0) is 11.3 Å². The lowest BCUT2D eigenvalue weighted by Crippen LogP contribution is -2.29. The molecule has 0 unspecified atom stereocenters. The molecule has 0 aromatic heterocycles. The first-order valence-corrected chi connectivity index (χ1v) is 6.87. The first-order chi connectivity index (χ1) is 9.95. The van der Waals surface area contributed by atoms with E-state index in [4.69, 9.17) is 28.3 Å². The van der Waals surface area contributed by atoms with E-state index in [0.717, 1.165) is 5.56 Å². The number of aliphatic carboxylic acids is 1. The largest absolute Gasteiger partial charge is 0.480 e. The summed E-state index contributed by atoms with van der Waals surface area (Å²) >= 11 is 11.6. The smallest absolute Gasteiger partial charge is 0.323 e. The van der Waals surface area contributed by atoms with E-state index in [2.05, 4.69) is 0 Å². The van der Waals surface area contributed by atoms with Crippen molar-refractivity contribution in [2.45, 2.75) is 6.54 Å². The molecule has 2 aromatic carbocycles. The molecule has 0 heterocycles. The van der Waals surface area contributed by atoms with E-state index in [1.54, 1.807) is 35.2 Å². The van der Waals surface area contributed by atoms with E-state index >= 15 is 0 Å². The van der Waals surface area contributed by atoms with Crippen molar-refractivity contribution < 1.29 is 14.3 Å². The van der Waals surface area contributed by atoms with Gasteiger partial charge in [-0.25, -0.2) is 4.39 Å². The Morgan fingerprint density at radius 1 is 1.14 bits per heavy atom. The maximum absolute atomic E-state index is 13.2. The fourth-order valence-electron chi connectivity index (χ4n) is 1.91. The van der Waals surface area contributed by atoms with Crippen LogP contribution in [0.4, 0.5) is 10.1 Å². The van der Waals surface area contributed by atoms with Crippen molar-refractivity contribution in [3.63, 3.8) is 0 Å². The van der Waals surface area contributed by atoms with E-state index in [1.165, 1.54) is 12.1 Å². The van der Waals surface area contributed by atoms with Crippen molar-refractivity contribution in [3.05, 3.63) is 63.9 Å². The number of carbonyl (C=O) groups is 1. The highest BCUT2D eigenvalue weighted by atomic mass is 35.5. The zero-order valence-electron chi connectivity index (χ0n) is 10.9. The third-order valence-corrected chi connectivity index (χ3v) is 3.42. The van der Waals surface area contributed by atoms with E-state index in [-0.39, 0.29) is 11.6 Å². The van der Waals surface area contributed by atoms with Crippen molar-refractivity contribution in [3.8, 4) is 0 Å². The lowest BCUT2D eigenvalue weighted by molar-refractivity contribution is -0.135. The predicted molar refractivity (Wildman–Crippen MR) is 81.5 cm³/mol. The van der Waals surface area contributed by atoms with Gasteiger partial charge in [0.05, 0.1) is 5.02 Å². The van der Waals surface area contributed by atoms with Gasteiger partial charge in [-0.1, -0.05) is 29.3 Å². The summed E-state index contributed by atoms with van der Waals surface area (Å²) in [5, 5.41) is 9.60. The molecule has 0 amide bonds. The van der Waals surface area contributed by atoms with Crippen LogP contribution in [-0.4, -0.2) is 17.6 Å². The molecule has 3 nitrogen and oxygen atoms in total. The van der Waals surface area contributed by atoms with Crippen LogP contribution in [0.5, 0.6) is 0 Å². The second-order valence-electron chi connectivity index (χ2n) is 4.47. The zero-order valence-corrected chi connectivity index (χ0v) is 12.4. The molecule has 6 heteroatoms. The van der Waals surface area contributed by atoms with E-state index in [9.17, 15) is 9.18 Å². The highest BCUT2D eigenvalue weighted by Crippen LogP contribution is 2.22. The summed E-state index contributed by atoms with van der Waals surface area (Å²) in [5.41, 5.74) is 1.43. The Bertz CT molecular complexity index is 647. The van der Waals surface area contributed by atoms with Crippen LogP contribution in [0.25, 0.3) is 0 Å². The zero-order chi connectivity index (χ0) is 15.4. The summed E-state index contributed by atoms with van der Waals surface area (Å²) in [6, 6.07) is 11.2. The fourth-order valence-corrected chi connectivity index (χ4v) is 2.24. The second kappa shape index (κ2) is 6.78. The lowest BCUT2D eigenvalue weighted by atomic mass is 10.2. The van der Waals surface area contributed by atoms with Crippen LogP contribution in [0.15, 0.2) is 42.5 Å². The number of carboxylic acid groups (broad SMARTS) is 1. The summed E-state index contributed by atoms with van der Waals surface area (Å²) in [7, 11) is 0. The number of rotatable bonds is 5. The molecule has 0 aliphatic carbocycles. The second-order valence-corrected chi connectivity index (χ2v) is 5.32. The Morgan fingerprint density at radius 2 is 1.81 bits per heavy atom. The van der Waals surface area contributed by atoms with Crippen molar-refractivity contribution in [2.75, 3.05) is 11.4 Å². The average Bonchev–Trinajstić information content (AvgIpc) is 2.42. The van der Waals surface area contributed by atoms with Gasteiger partial charge in [0.25, 0.3) is 0 Å². The molecule has 0 fully saturated rings. The van der Waals surface area contributed by atoms with Crippen LogP contribution in [0.1, 0.15) is 5.56 Å². The van der Waals surface area contributed by atoms with Gasteiger partial charge in [-0.05, 0) is 42.0 Å². The van der Waals surface area contributed by atoms with Crippen LogP contribution in [0, 0.1) is 5.82 Å². The molecule has 0 saturated heterocycles. The fraction of sp³-hybridized carbons (Fsp3) is 0.133. The van der Waals surface area contributed by atoms with Gasteiger partial charge in [0.15, 0.2) is 0 Å². The van der Waals surface area contributed by atoms with Gasteiger partial charge >= 0.3 is 5.97 Å². The number of halogens is 3. The molecular formula is C15H12Cl2FNO2. The van der Waals surface area contributed by atoms with E-state index < -0.39 is 11.8 Å². The van der Waals surface area contributed by atoms with Gasteiger partial charge < -0.3 is 10.0 Å². The maximum Gasteiger partial charge on any atom is 0.323 e. The van der Waals surface area contributed by atoms with Crippen LogP contribution >= 0.6 is 23.2 Å². The summed E-state index contributed by atoms with van der Waals surface area (Å²) in [5.74, 6) is -1.46. The predicted octanol–water partition coefficient (Wildman–Crippen LogP) is 4.22. The molecule has 110 valence electrons. The molecule has 0 bridgehead atoms. The van der Waals surface area contributed by atoms with Gasteiger partial charge in [0, 0.05) is 17.3 Å². The third-order valence-electron chi connectivity index (χ3n) is 2.88. The van der Waals surface area contributed by atoms with Gasteiger partial charge in [0.2, 0.25) is 0 Å². The summed E-state index contributed by atoms with van der Waals surface area (Å²) < 4.78 is 13.2. The van der Waals surface area contributed by atoms with Crippen LogP contribution in [0.2, 0.25) is 10.0 Å². The van der Waals surface area contributed by atoms with Crippen LogP contribution < -0.4 is 4.90 Å². The Balaban J connectivity index is 2.25. The molecule has 1 N–H and O–H groups in total. The number of hydrogen-bond acceptors (Lipinski definition) is 2. The highest BCUT2D eigenvalue weighted by Gasteiger charge is 2.12. The quantitative estimate of drug-likeness (QED) is 0.893. The van der Waals surface area contributed by atoms with E-state index in [1.807, 2.05) is 0 Å². The normalized spacial score (nSPS) is 10.4. The molecular weight excluding hydrogens is 316 g/mol. The Labute approximate surface area is 131 Å². The van der Waals surface area contributed by atoms with Gasteiger partial charge in [-0.2, -0.15) is 0 Å². The third kappa shape index (κ3) is 4.34. The number of carboxylic acids is 1. The van der Waals surface area contributed by atoms with Crippen molar-refractivity contribution in [2.24, 2.45) is 0 Å². The minimum Gasteiger partial charge on any atom is -0.480 e. The number of benzene rings is 2. The molecule has 0 aliphatic heterocycles. The molecule has 2 aromatic rings. The van der Waals surface area contributed by atoms with Gasteiger partial charge in [0.1, 0.15) is 12.4 Å². The number of anilines is 1.